The molecule has 0 heterocycles. The van der Waals surface area contributed by atoms with Crippen molar-refractivity contribution in [3.05, 3.63) is 47.0 Å². The highest BCUT2D eigenvalue weighted by molar-refractivity contribution is 5.32. The van der Waals surface area contributed by atoms with Crippen LogP contribution < -0.4 is 5.32 Å². The Bertz CT molecular complexity index is 282. The fraction of sp³-hybridized carbons (Fsp3) is 0.222. The molecule has 0 radical (unpaired) electrons. The van der Waals surface area contributed by atoms with Gasteiger partial charge in [0.1, 0.15) is 0 Å². The van der Waals surface area contributed by atoms with Gasteiger partial charge in [0.15, 0.2) is 0 Å². The quantitative estimate of drug-likeness (QED) is 0.416. The monoisotopic (exact) mass is 180 g/mol. The van der Waals surface area contributed by atoms with E-state index >= 15 is 0 Å². The number of nitro groups is 1. The second kappa shape index (κ2) is 4.57. The lowest BCUT2D eigenvalue weighted by atomic mass is 10.1. The highest BCUT2D eigenvalue weighted by atomic mass is 16.6. The Balaban J connectivity index is 2.64. The summed E-state index contributed by atoms with van der Waals surface area (Å²) in [6.45, 7) is 0.901. The van der Waals surface area contributed by atoms with Crippen molar-refractivity contribution in [2.45, 2.75) is 6.42 Å². The summed E-state index contributed by atoms with van der Waals surface area (Å²) in [6, 6.07) is 6.61. The molecule has 1 rings (SSSR count). The van der Waals surface area contributed by atoms with E-state index in [1.807, 2.05) is 5.32 Å². The van der Waals surface area contributed by atoms with Gasteiger partial charge < -0.3 is 5.32 Å². The van der Waals surface area contributed by atoms with Gasteiger partial charge in [0.25, 0.3) is 5.69 Å². The van der Waals surface area contributed by atoms with Gasteiger partial charge in [0, 0.05) is 18.6 Å². The Kier molecular flexibility index (Phi) is 3.40. The van der Waals surface area contributed by atoms with Crippen LogP contribution in [-0.2, 0) is 6.42 Å². The van der Waals surface area contributed by atoms with Crippen molar-refractivity contribution in [2.75, 3.05) is 6.54 Å². The predicted molar refractivity (Wildman–Crippen MR) is 48.9 cm³/mol. The van der Waals surface area contributed by atoms with Crippen LogP contribution in [0, 0.1) is 17.2 Å². The molecule has 0 fully saturated rings. The van der Waals surface area contributed by atoms with E-state index in [4.69, 9.17) is 0 Å². The lowest BCUT2D eigenvalue weighted by molar-refractivity contribution is -0.594. The van der Waals surface area contributed by atoms with E-state index in [1.54, 1.807) is 12.1 Å². The maximum atomic E-state index is 10.3. The summed E-state index contributed by atoms with van der Waals surface area (Å²) in [6.07, 6.45) is 0.890. The second-order valence-electron chi connectivity index (χ2n) is 2.75. The van der Waals surface area contributed by atoms with E-state index < -0.39 is 4.92 Å². The summed E-state index contributed by atoms with van der Waals surface area (Å²) >= 11 is 0. The molecule has 0 aliphatic heterocycles. The first-order valence-electron chi connectivity index (χ1n) is 4.08. The number of nitro benzene ring substituents is 1. The summed E-state index contributed by atoms with van der Waals surface area (Å²) in [5, 5.41) is 12.2. The van der Waals surface area contributed by atoms with Crippen LogP contribution >= 0.6 is 0 Å². The van der Waals surface area contributed by atoms with Gasteiger partial charge in [-0.05, 0) is 5.56 Å². The van der Waals surface area contributed by atoms with Crippen molar-refractivity contribution >= 4 is 5.69 Å². The molecule has 0 spiro atoms. The molecule has 0 atom stereocenters. The van der Waals surface area contributed by atoms with E-state index in [-0.39, 0.29) is 5.69 Å². The highest BCUT2D eigenvalue weighted by Gasteiger charge is 2.02. The molecule has 0 saturated carbocycles. The Morgan fingerprint density at radius 1 is 1.38 bits per heavy atom. The average molecular weight is 180 g/mol. The average Bonchev–Trinajstić information content (AvgIpc) is 2.15. The maximum absolute atomic E-state index is 10.3. The summed E-state index contributed by atoms with van der Waals surface area (Å²) in [7, 11) is 3.61. The number of non-ortho nitro benzene ring substituents is 1. The molecule has 1 aromatic rings. The predicted octanol–water partition coefficient (Wildman–Crippen LogP) is 0.492. The van der Waals surface area contributed by atoms with Crippen LogP contribution in [0.2, 0.25) is 0 Å². The van der Waals surface area contributed by atoms with Gasteiger partial charge in [0.2, 0.25) is 0 Å². The molecule has 0 bridgehead atoms. The minimum Gasteiger partial charge on any atom is -0.479 e. The van der Waals surface area contributed by atoms with E-state index in [1.165, 1.54) is 12.1 Å². The third kappa shape index (κ3) is 2.83. The molecule has 70 valence electrons. The van der Waals surface area contributed by atoms with Crippen LogP contribution in [0.4, 0.5) is 5.69 Å². The first-order valence-corrected chi connectivity index (χ1v) is 4.08. The second-order valence-corrected chi connectivity index (χ2v) is 2.75. The van der Waals surface area contributed by atoms with Crippen LogP contribution in [0.25, 0.3) is 0 Å². The van der Waals surface area contributed by atoms with Crippen LogP contribution in [0.1, 0.15) is 5.56 Å². The zero-order valence-electron chi connectivity index (χ0n) is 7.27. The van der Waals surface area contributed by atoms with Gasteiger partial charge >= 0.3 is 0 Å². The molecule has 0 saturated heterocycles. The van der Waals surface area contributed by atoms with Crippen LogP contribution in [0.15, 0.2) is 24.3 Å². The first kappa shape index (κ1) is 9.67. The topological polar surface area (TPSA) is 59.8 Å². The van der Waals surface area contributed by atoms with Crippen LogP contribution in [-0.4, -0.2) is 11.5 Å². The molecule has 2 N–H and O–H groups in total. The zero-order valence-corrected chi connectivity index (χ0v) is 7.27. The molecule has 4 nitrogen and oxygen atoms in total. The van der Waals surface area contributed by atoms with Gasteiger partial charge in [-0.25, -0.2) is 0 Å². The Morgan fingerprint density at radius 3 is 2.46 bits per heavy atom. The molecule has 0 aliphatic carbocycles. The number of nitrogens with two attached hydrogens (primary N) is 1. The van der Waals surface area contributed by atoms with E-state index in [0.717, 1.165) is 18.5 Å². The van der Waals surface area contributed by atoms with Gasteiger partial charge in [-0.3, -0.25) is 10.1 Å². The van der Waals surface area contributed by atoms with E-state index in [0.29, 0.717) is 0 Å². The minimum atomic E-state index is -0.392. The zero-order chi connectivity index (χ0) is 9.68. The van der Waals surface area contributed by atoms with Gasteiger partial charge in [-0.1, -0.05) is 12.1 Å². The number of rotatable bonds is 4. The molecular formula is C9H12N2O2. The number of benzene rings is 1. The maximum Gasteiger partial charge on any atom is 0.269 e. The van der Waals surface area contributed by atoms with Crippen LogP contribution in [0.3, 0.4) is 0 Å². The molecule has 0 amide bonds. The summed E-state index contributed by atoms with van der Waals surface area (Å²) in [5.74, 6) is 0. The molecule has 4 heteroatoms. The fourth-order valence-corrected chi connectivity index (χ4v) is 1.05. The van der Waals surface area contributed by atoms with Crippen molar-refractivity contribution < 1.29 is 10.2 Å². The van der Waals surface area contributed by atoms with Crippen LogP contribution in [0.5, 0.6) is 0 Å². The minimum absolute atomic E-state index is 0.141. The Morgan fingerprint density at radius 2 is 2.00 bits per heavy atom. The standard InChI is InChI=1S/C9H12N2O2/c1-10-7-6-8-2-4-9(5-3-8)11(12)13/h2-5H,1,6-7,10H2. The molecule has 0 unspecified atom stereocenters. The Hall–Kier alpha value is -1.42. The number of hydrogen-bond donors (Lipinski definition) is 1. The van der Waals surface area contributed by atoms with Crippen molar-refractivity contribution in [1.82, 2.24) is 0 Å². The lowest BCUT2D eigenvalue weighted by Crippen LogP contribution is -2.77. The van der Waals surface area contributed by atoms with E-state index in [9.17, 15) is 10.1 Å². The van der Waals surface area contributed by atoms with Gasteiger partial charge in [-0.15, -0.1) is 0 Å². The van der Waals surface area contributed by atoms with E-state index in [2.05, 4.69) is 7.05 Å². The lowest BCUT2D eigenvalue weighted by Gasteiger charge is -2.00. The molecule has 0 aliphatic rings. The molecular weight excluding hydrogens is 168 g/mol. The number of nitrogens with zero attached hydrogens (tertiary/aromatic N) is 1. The normalized spacial score (nSPS) is 9.92. The number of hydrogen-bond acceptors (Lipinski definition) is 2. The third-order valence-corrected chi connectivity index (χ3v) is 1.78. The van der Waals surface area contributed by atoms with Crippen molar-refractivity contribution in [3.63, 3.8) is 0 Å². The molecule has 13 heavy (non-hydrogen) atoms. The summed E-state index contributed by atoms with van der Waals surface area (Å²) in [4.78, 5) is 9.92. The van der Waals surface area contributed by atoms with Gasteiger partial charge in [0.05, 0.1) is 11.5 Å². The first-order chi connectivity index (χ1) is 6.24. The smallest absolute Gasteiger partial charge is 0.269 e. The molecule has 1 aromatic carbocycles. The van der Waals surface area contributed by atoms with Gasteiger partial charge in [-0.2, -0.15) is 7.05 Å². The summed E-state index contributed by atoms with van der Waals surface area (Å²) in [5.41, 5.74) is 1.24. The Labute approximate surface area is 76.7 Å². The fourth-order valence-electron chi connectivity index (χ4n) is 1.05. The SMILES string of the molecule is [CH2-][NH2+]CCc1ccc([N+](=O)[O-])cc1. The summed E-state index contributed by atoms with van der Waals surface area (Å²) < 4.78 is 0. The van der Waals surface area contributed by atoms with Crippen molar-refractivity contribution in [2.24, 2.45) is 0 Å². The third-order valence-electron chi connectivity index (χ3n) is 1.78. The highest BCUT2D eigenvalue weighted by Crippen LogP contribution is 2.11. The number of quaternary nitrogens is 1. The van der Waals surface area contributed by atoms with Crippen molar-refractivity contribution in [1.29, 1.82) is 0 Å². The van der Waals surface area contributed by atoms with Crippen molar-refractivity contribution in [3.8, 4) is 0 Å². The molecule has 0 aromatic heterocycles. The largest absolute Gasteiger partial charge is 0.479 e.